The Morgan fingerprint density at radius 2 is 2.33 bits per heavy atom. The summed E-state index contributed by atoms with van der Waals surface area (Å²) in [7, 11) is 0. The highest BCUT2D eigenvalue weighted by Gasteiger charge is 1.99. The fraction of sp³-hybridized carbons (Fsp3) is 0.500. The van der Waals surface area contributed by atoms with Gasteiger partial charge in [-0.15, -0.1) is 12.3 Å². The molecule has 1 heterocycles. The Balaban J connectivity index is 2.53. The number of rotatable bonds is 3. The van der Waals surface area contributed by atoms with Gasteiger partial charge in [-0.25, -0.2) is 4.98 Å². The van der Waals surface area contributed by atoms with Gasteiger partial charge in [0.05, 0.1) is 12.0 Å². The lowest BCUT2D eigenvalue weighted by molar-refractivity contribution is 0.640. The maximum atomic E-state index is 5.16. The maximum Gasteiger partial charge on any atom is 0.0951 e. The Hall–Kier alpha value is -1.23. The van der Waals surface area contributed by atoms with Crippen LogP contribution in [-0.4, -0.2) is 9.55 Å². The molecule has 0 fully saturated rings. The monoisotopic (exact) mass is 162 g/mol. The van der Waals surface area contributed by atoms with E-state index >= 15 is 0 Å². The summed E-state index contributed by atoms with van der Waals surface area (Å²) in [5.74, 6) is 2.63. The molecule has 0 spiro atoms. The molecule has 0 unspecified atom stereocenters. The van der Waals surface area contributed by atoms with Crippen LogP contribution in [0.2, 0.25) is 0 Å². The molecule has 1 aromatic rings. The van der Waals surface area contributed by atoms with Crippen molar-refractivity contribution in [3.8, 4) is 12.3 Å². The predicted octanol–water partition coefficient (Wildman–Crippen LogP) is 1.91. The van der Waals surface area contributed by atoms with E-state index in [-0.39, 0.29) is 0 Å². The zero-order chi connectivity index (χ0) is 8.97. The van der Waals surface area contributed by atoms with E-state index in [1.807, 2.05) is 13.3 Å². The van der Waals surface area contributed by atoms with E-state index in [0.29, 0.717) is 0 Å². The third kappa shape index (κ3) is 1.88. The van der Waals surface area contributed by atoms with E-state index in [2.05, 4.69) is 22.4 Å². The van der Waals surface area contributed by atoms with Crippen LogP contribution in [-0.2, 0) is 6.54 Å². The molecular formula is C10H14N2. The minimum absolute atomic E-state index is 0.844. The van der Waals surface area contributed by atoms with Crippen LogP contribution in [0.3, 0.4) is 0 Å². The number of imidazole rings is 1. The van der Waals surface area contributed by atoms with Crippen molar-refractivity contribution in [1.82, 2.24) is 9.55 Å². The van der Waals surface area contributed by atoms with Crippen molar-refractivity contribution >= 4 is 0 Å². The summed E-state index contributed by atoms with van der Waals surface area (Å²) < 4.78 is 2.15. The van der Waals surface area contributed by atoms with Crippen LogP contribution in [0.4, 0.5) is 0 Å². The van der Waals surface area contributed by atoms with Crippen LogP contribution in [0.1, 0.15) is 24.2 Å². The molecule has 12 heavy (non-hydrogen) atoms. The first-order valence-corrected chi connectivity index (χ1v) is 4.17. The molecule has 0 aromatic carbocycles. The van der Waals surface area contributed by atoms with Gasteiger partial charge < -0.3 is 4.57 Å². The molecule has 1 rings (SSSR count). The molecule has 0 aliphatic rings. The fourth-order valence-electron chi connectivity index (χ4n) is 1.12. The minimum Gasteiger partial charge on any atom is -0.335 e. The zero-order valence-electron chi connectivity index (χ0n) is 7.67. The van der Waals surface area contributed by atoms with Gasteiger partial charge >= 0.3 is 0 Å². The van der Waals surface area contributed by atoms with E-state index in [1.165, 1.54) is 5.69 Å². The maximum absolute atomic E-state index is 5.16. The third-order valence-electron chi connectivity index (χ3n) is 2.07. The molecule has 1 aromatic heterocycles. The van der Waals surface area contributed by atoms with Crippen molar-refractivity contribution in [1.29, 1.82) is 0 Å². The van der Waals surface area contributed by atoms with Crippen LogP contribution in [0, 0.1) is 26.2 Å². The Labute approximate surface area is 73.6 Å². The SMILES string of the molecule is C#CCCCn1cnc(C)c1C. The predicted molar refractivity (Wildman–Crippen MR) is 49.8 cm³/mol. The van der Waals surface area contributed by atoms with Crippen LogP contribution >= 0.6 is 0 Å². The van der Waals surface area contributed by atoms with Crippen molar-refractivity contribution in [3.05, 3.63) is 17.7 Å². The van der Waals surface area contributed by atoms with Gasteiger partial charge in [0.15, 0.2) is 0 Å². The molecule has 0 aliphatic heterocycles. The van der Waals surface area contributed by atoms with Crippen LogP contribution < -0.4 is 0 Å². The van der Waals surface area contributed by atoms with Gasteiger partial charge in [0, 0.05) is 18.7 Å². The Morgan fingerprint density at radius 1 is 1.58 bits per heavy atom. The number of unbranched alkanes of at least 4 members (excludes halogenated alkanes) is 1. The zero-order valence-corrected chi connectivity index (χ0v) is 7.67. The summed E-state index contributed by atoms with van der Waals surface area (Å²) in [4.78, 5) is 4.21. The molecule has 0 N–H and O–H groups in total. The van der Waals surface area contributed by atoms with E-state index in [0.717, 1.165) is 25.1 Å². The Bertz CT molecular complexity index is 291. The summed E-state index contributed by atoms with van der Waals surface area (Å²) in [5, 5.41) is 0. The molecule has 2 heteroatoms. The molecule has 0 radical (unpaired) electrons. The second-order valence-electron chi connectivity index (χ2n) is 2.92. The van der Waals surface area contributed by atoms with Crippen molar-refractivity contribution < 1.29 is 0 Å². The van der Waals surface area contributed by atoms with Crippen molar-refractivity contribution in [2.75, 3.05) is 0 Å². The first-order valence-electron chi connectivity index (χ1n) is 4.17. The first kappa shape index (κ1) is 8.86. The van der Waals surface area contributed by atoms with Crippen LogP contribution in [0.25, 0.3) is 0 Å². The number of nitrogens with zero attached hydrogens (tertiary/aromatic N) is 2. The van der Waals surface area contributed by atoms with E-state index in [9.17, 15) is 0 Å². The molecule has 2 nitrogen and oxygen atoms in total. The van der Waals surface area contributed by atoms with Gasteiger partial charge in [-0.1, -0.05) is 0 Å². The lowest BCUT2D eigenvalue weighted by Crippen LogP contribution is -1.98. The summed E-state index contributed by atoms with van der Waals surface area (Å²) in [5.41, 5.74) is 2.35. The van der Waals surface area contributed by atoms with Crippen molar-refractivity contribution in [3.63, 3.8) is 0 Å². The van der Waals surface area contributed by atoms with Gasteiger partial charge in [0.1, 0.15) is 0 Å². The highest BCUT2D eigenvalue weighted by Crippen LogP contribution is 2.05. The number of aromatic nitrogens is 2. The number of aryl methyl sites for hydroxylation is 2. The third-order valence-corrected chi connectivity index (χ3v) is 2.07. The topological polar surface area (TPSA) is 17.8 Å². The molecule has 0 bridgehead atoms. The highest BCUT2D eigenvalue weighted by atomic mass is 15.0. The smallest absolute Gasteiger partial charge is 0.0951 e. The second-order valence-corrected chi connectivity index (χ2v) is 2.92. The molecule has 64 valence electrons. The van der Waals surface area contributed by atoms with Crippen LogP contribution in [0.5, 0.6) is 0 Å². The lowest BCUT2D eigenvalue weighted by Gasteiger charge is -2.02. The summed E-state index contributed by atoms with van der Waals surface area (Å²) in [6, 6.07) is 0. The van der Waals surface area contributed by atoms with Crippen molar-refractivity contribution in [2.24, 2.45) is 0 Å². The van der Waals surface area contributed by atoms with E-state index in [1.54, 1.807) is 0 Å². The number of terminal acetylenes is 1. The number of hydrogen-bond acceptors (Lipinski definition) is 1. The minimum atomic E-state index is 0.844. The van der Waals surface area contributed by atoms with Gasteiger partial charge in [0.25, 0.3) is 0 Å². The summed E-state index contributed by atoms with van der Waals surface area (Å²) in [6.07, 6.45) is 8.92. The van der Waals surface area contributed by atoms with E-state index in [4.69, 9.17) is 6.42 Å². The van der Waals surface area contributed by atoms with E-state index < -0.39 is 0 Å². The summed E-state index contributed by atoms with van der Waals surface area (Å²) in [6.45, 7) is 5.09. The van der Waals surface area contributed by atoms with Gasteiger partial charge in [-0.3, -0.25) is 0 Å². The molecule has 0 amide bonds. The van der Waals surface area contributed by atoms with Crippen molar-refractivity contribution in [2.45, 2.75) is 33.2 Å². The molecule has 0 saturated carbocycles. The Kier molecular flexibility index (Phi) is 2.93. The largest absolute Gasteiger partial charge is 0.335 e. The molecule has 0 atom stereocenters. The quantitative estimate of drug-likeness (QED) is 0.490. The number of hydrogen-bond donors (Lipinski definition) is 0. The van der Waals surface area contributed by atoms with Gasteiger partial charge in [-0.05, 0) is 20.3 Å². The average molecular weight is 162 g/mol. The first-order chi connectivity index (χ1) is 5.75. The molecule has 0 aliphatic carbocycles. The molecular weight excluding hydrogens is 148 g/mol. The van der Waals surface area contributed by atoms with Crippen LogP contribution in [0.15, 0.2) is 6.33 Å². The lowest BCUT2D eigenvalue weighted by atomic mass is 10.3. The highest BCUT2D eigenvalue weighted by molar-refractivity contribution is 5.08. The Morgan fingerprint density at radius 3 is 2.83 bits per heavy atom. The average Bonchev–Trinajstić information content (AvgIpc) is 2.36. The van der Waals surface area contributed by atoms with Gasteiger partial charge in [-0.2, -0.15) is 0 Å². The molecule has 0 saturated heterocycles. The fourth-order valence-corrected chi connectivity index (χ4v) is 1.12. The summed E-state index contributed by atoms with van der Waals surface area (Å²) >= 11 is 0. The standard InChI is InChI=1S/C10H14N2/c1-4-5-6-7-12-8-11-9(2)10(12)3/h1,8H,5-7H2,2-3H3. The normalized spacial score (nSPS) is 9.75. The van der Waals surface area contributed by atoms with Gasteiger partial charge in [0.2, 0.25) is 0 Å². The second kappa shape index (κ2) is 3.96.